The van der Waals surface area contributed by atoms with Crippen LogP contribution in [0.4, 0.5) is 0 Å². The van der Waals surface area contributed by atoms with Crippen LogP contribution >= 0.6 is 0 Å². The molecule has 0 spiro atoms. The minimum absolute atomic E-state index is 0.255. The average molecular weight is 370 g/mol. The highest BCUT2D eigenvalue weighted by Crippen LogP contribution is 2.23. The molecule has 1 aliphatic heterocycles. The molecular formula is C26H27NO. The number of rotatable bonds is 5. The number of carbonyl (C=O) groups is 1. The predicted octanol–water partition coefficient (Wildman–Crippen LogP) is 5.38. The van der Waals surface area contributed by atoms with Crippen molar-refractivity contribution in [2.45, 2.75) is 25.7 Å². The maximum atomic E-state index is 12.7. The topological polar surface area (TPSA) is 20.3 Å². The third-order valence-electron chi connectivity index (χ3n) is 5.75. The molecule has 0 bridgehead atoms. The number of piperidine rings is 1. The summed E-state index contributed by atoms with van der Waals surface area (Å²) < 4.78 is 0. The predicted molar refractivity (Wildman–Crippen MR) is 115 cm³/mol. The highest BCUT2D eigenvalue weighted by Gasteiger charge is 2.22. The second-order valence-corrected chi connectivity index (χ2v) is 7.75. The molecule has 2 heteroatoms. The molecule has 0 aromatic heterocycles. The van der Waals surface area contributed by atoms with Crippen molar-refractivity contribution in [1.82, 2.24) is 4.90 Å². The Balaban J connectivity index is 1.29. The van der Waals surface area contributed by atoms with Crippen molar-refractivity contribution in [3.63, 3.8) is 0 Å². The zero-order valence-corrected chi connectivity index (χ0v) is 16.3. The first-order valence-corrected chi connectivity index (χ1v) is 10.2. The van der Waals surface area contributed by atoms with Gasteiger partial charge < -0.3 is 4.90 Å². The first kappa shape index (κ1) is 18.5. The SMILES string of the molecule is O=C(Cc1ccc(-c2ccccc2)cc1)N1CCC(Cc2ccccc2)CC1. The highest BCUT2D eigenvalue weighted by atomic mass is 16.2. The van der Waals surface area contributed by atoms with E-state index in [0.29, 0.717) is 12.3 Å². The lowest BCUT2D eigenvalue weighted by atomic mass is 9.90. The van der Waals surface area contributed by atoms with Crippen LogP contribution in [0.5, 0.6) is 0 Å². The van der Waals surface area contributed by atoms with Gasteiger partial charge in [-0.05, 0) is 47.4 Å². The van der Waals surface area contributed by atoms with E-state index in [0.717, 1.165) is 37.9 Å². The van der Waals surface area contributed by atoms with Crippen molar-refractivity contribution in [3.8, 4) is 11.1 Å². The summed E-state index contributed by atoms with van der Waals surface area (Å²) >= 11 is 0. The normalized spacial score (nSPS) is 14.8. The summed E-state index contributed by atoms with van der Waals surface area (Å²) in [5, 5.41) is 0. The van der Waals surface area contributed by atoms with Crippen molar-refractivity contribution in [2.75, 3.05) is 13.1 Å². The Morgan fingerprint density at radius 2 is 1.29 bits per heavy atom. The van der Waals surface area contributed by atoms with Crippen molar-refractivity contribution >= 4 is 5.91 Å². The van der Waals surface area contributed by atoms with Gasteiger partial charge in [0.2, 0.25) is 5.91 Å². The fraction of sp³-hybridized carbons (Fsp3) is 0.269. The van der Waals surface area contributed by atoms with E-state index in [1.54, 1.807) is 0 Å². The molecule has 3 aromatic rings. The Kier molecular flexibility index (Phi) is 5.86. The van der Waals surface area contributed by atoms with Gasteiger partial charge in [-0.25, -0.2) is 0 Å². The number of carbonyl (C=O) groups excluding carboxylic acids is 1. The number of hydrogen-bond acceptors (Lipinski definition) is 1. The van der Waals surface area contributed by atoms with Gasteiger partial charge in [0.15, 0.2) is 0 Å². The largest absolute Gasteiger partial charge is 0.342 e. The van der Waals surface area contributed by atoms with Crippen molar-refractivity contribution in [2.24, 2.45) is 5.92 Å². The Morgan fingerprint density at radius 1 is 0.714 bits per heavy atom. The van der Waals surface area contributed by atoms with E-state index >= 15 is 0 Å². The number of benzene rings is 3. The van der Waals surface area contributed by atoms with E-state index < -0.39 is 0 Å². The standard InChI is InChI=1S/C26H27NO/c28-26(20-22-11-13-25(14-12-22)24-9-5-2-6-10-24)27-17-15-23(16-18-27)19-21-7-3-1-4-8-21/h1-14,23H,15-20H2. The van der Waals surface area contributed by atoms with Gasteiger partial charge in [-0.2, -0.15) is 0 Å². The van der Waals surface area contributed by atoms with Gasteiger partial charge in [0.1, 0.15) is 0 Å². The van der Waals surface area contributed by atoms with Crippen molar-refractivity contribution in [1.29, 1.82) is 0 Å². The fourth-order valence-corrected chi connectivity index (χ4v) is 4.07. The van der Waals surface area contributed by atoms with Gasteiger partial charge in [-0.15, -0.1) is 0 Å². The first-order valence-electron chi connectivity index (χ1n) is 10.2. The lowest BCUT2D eigenvalue weighted by Crippen LogP contribution is -2.39. The first-order chi connectivity index (χ1) is 13.8. The minimum atomic E-state index is 0.255. The van der Waals surface area contributed by atoms with E-state index in [1.165, 1.54) is 16.7 Å². The van der Waals surface area contributed by atoms with Crippen molar-refractivity contribution in [3.05, 3.63) is 96.1 Å². The second-order valence-electron chi connectivity index (χ2n) is 7.75. The molecule has 4 rings (SSSR count). The van der Waals surface area contributed by atoms with Crippen LogP contribution in [0, 0.1) is 5.92 Å². The Morgan fingerprint density at radius 3 is 1.93 bits per heavy atom. The zero-order chi connectivity index (χ0) is 19.2. The van der Waals surface area contributed by atoms with Gasteiger partial charge in [0, 0.05) is 13.1 Å². The fourth-order valence-electron chi connectivity index (χ4n) is 4.07. The molecule has 1 fully saturated rings. The third kappa shape index (κ3) is 4.69. The Hall–Kier alpha value is -2.87. The van der Waals surface area contributed by atoms with Gasteiger partial charge in [0.25, 0.3) is 0 Å². The molecule has 0 N–H and O–H groups in total. The summed E-state index contributed by atoms with van der Waals surface area (Å²) in [5.74, 6) is 0.947. The highest BCUT2D eigenvalue weighted by molar-refractivity contribution is 5.79. The molecule has 0 atom stereocenters. The molecular weight excluding hydrogens is 342 g/mol. The smallest absolute Gasteiger partial charge is 0.226 e. The van der Waals surface area contributed by atoms with Crippen LogP contribution in [-0.4, -0.2) is 23.9 Å². The lowest BCUT2D eigenvalue weighted by molar-refractivity contribution is -0.131. The molecule has 0 saturated carbocycles. The zero-order valence-electron chi connectivity index (χ0n) is 16.3. The van der Waals surface area contributed by atoms with Crippen LogP contribution in [0.25, 0.3) is 11.1 Å². The summed E-state index contributed by atoms with van der Waals surface area (Å²) in [4.78, 5) is 14.8. The summed E-state index contributed by atoms with van der Waals surface area (Å²) in [7, 11) is 0. The van der Waals surface area contributed by atoms with Gasteiger partial charge in [-0.1, -0.05) is 84.9 Å². The molecule has 0 aliphatic carbocycles. The van der Waals surface area contributed by atoms with Crippen LogP contribution in [0.15, 0.2) is 84.9 Å². The van der Waals surface area contributed by atoms with Gasteiger partial charge in [-0.3, -0.25) is 4.79 Å². The van der Waals surface area contributed by atoms with E-state index in [1.807, 2.05) is 23.1 Å². The molecule has 0 radical (unpaired) electrons. The minimum Gasteiger partial charge on any atom is -0.342 e. The summed E-state index contributed by atoms with van der Waals surface area (Å²) in [6, 6.07) is 29.4. The third-order valence-corrected chi connectivity index (χ3v) is 5.75. The number of amides is 1. The van der Waals surface area contributed by atoms with Crippen LogP contribution in [0.1, 0.15) is 24.0 Å². The summed E-state index contributed by atoms with van der Waals surface area (Å²) in [6.07, 6.45) is 3.84. The van der Waals surface area contributed by atoms with Crippen LogP contribution < -0.4 is 0 Å². The Bertz CT molecular complexity index is 879. The van der Waals surface area contributed by atoms with Gasteiger partial charge >= 0.3 is 0 Å². The summed E-state index contributed by atoms with van der Waals surface area (Å²) in [5.41, 5.74) is 4.90. The van der Waals surface area contributed by atoms with E-state index in [4.69, 9.17) is 0 Å². The maximum Gasteiger partial charge on any atom is 0.226 e. The number of nitrogens with zero attached hydrogens (tertiary/aromatic N) is 1. The molecule has 2 nitrogen and oxygen atoms in total. The molecule has 1 heterocycles. The molecule has 1 aliphatic rings. The van der Waals surface area contributed by atoms with Crippen LogP contribution in [0.2, 0.25) is 0 Å². The van der Waals surface area contributed by atoms with Gasteiger partial charge in [0.05, 0.1) is 6.42 Å². The van der Waals surface area contributed by atoms with Crippen LogP contribution in [0.3, 0.4) is 0 Å². The molecule has 0 unspecified atom stereocenters. The van der Waals surface area contributed by atoms with Crippen LogP contribution in [-0.2, 0) is 17.6 Å². The maximum absolute atomic E-state index is 12.7. The monoisotopic (exact) mass is 369 g/mol. The second kappa shape index (κ2) is 8.88. The lowest BCUT2D eigenvalue weighted by Gasteiger charge is -2.32. The molecule has 1 amide bonds. The molecule has 1 saturated heterocycles. The van der Waals surface area contributed by atoms with E-state index in [2.05, 4.69) is 66.7 Å². The molecule has 3 aromatic carbocycles. The molecule has 142 valence electrons. The van der Waals surface area contributed by atoms with E-state index in [-0.39, 0.29) is 5.91 Å². The van der Waals surface area contributed by atoms with E-state index in [9.17, 15) is 4.79 Å². The summed E-state index contributed by atoms with van der Waals surface area (Å²) in [6.45, 7) is 1.77. The number of hydrogen-bond donors (Lipinski definition) is 0. The Labute approximate surface area is 167 Å². The van der Waals surface area contributed by atoms with Crippen molar-refractivity contribution < 1.29 is 4.79 Å². The number of likely N-dealkylation sites (tertiary alicyclic amines) is 1. The quantitative estimate of drug-likeness (QED) is 0.591. The average Bonchev–Trinajstić information content (AvgIpc) is 2.76. The molecule has 28 heavy (non-hydrogen) atoms.